The van der Waals surface area contributed by atoms with Crippen molar-refractivity contribution in [1.29, 1.82) is 0 Å². The topological polar surface area (TPSA) is 61.4 Å². The minimum absolute atomic E-state index is 0.113. The summed E-state index contributed by atoms with van der Waals surface area (Å²) in [5, 5.41) is 15.3. The number of aliphatic hydroxyl groups is 1. The SMILES string of the molecule is CC(C)C1(C(=O)Nc2cccc(CCCO)c2)CCNC1. The third-order valence-electron chi connectivity index (χ3n) is 4.55. The van der Waals surface area contributed by atoms with Gasteiger partial charge in [0.2, 0.25) is 5.91 Å². The first-order chi connectivity index (χ1) is 10.1. The van der Waals surface area contributed by atoms with Crippen LogP contribution in [0.3, 0.4) is 0 Å². The van der Waals surface area contributed by atoms with E-state index < -0.39 is 0 Å². The molecule has 1 aromatic rings. The predicted molar refractivity (Wildman–Crippen MR) is 85.2 cm³/mol. The molecule has 0 aromatic heterocycles. The summed E-state index contributed by atoms with van der Waals surface area (Å²) in [6.45, 7) is 6.08. The standard InChI is InChI=1S/C17H26N2O2/c1-13(2)17(8-9-18-12-17)16(21)19-15-7-3-5-14(11-15)6-4-10-20/h3,5,7,11,13,18,20H,4,6,8-10,12H2,1-2H3,(H,19,21). The largest absolute Gasteiger partial charge is 0.396 e. The van der Waals surface area contributed by atoms with Crippen molar-refractivity contribution in [1.82, 2.24) is 5.32 Å². The zero-order valence-corrected chi connectivity index (χ0v) is 13.0. The Hall–Kier alpha value is -1.39. The lowest BCUT2D eigenvalue weighted by atomic mass is 9.75. The molecule has 2 rings (SSSR count). The number of carbonyl (C=O) groups excluding carboxylic acids is 1. The van der Waals surface area contributed by atoms with Crippen LogP contribution in [-0.4, -0.2) is 30.7 Å². The van der Waals surface area contributed by atoms with Gasteiger partial charge in [-0.15, -0.1) is 0 Å². The number of hydrogen-bond donors (Lipinski definition) is 3. The zero-order valence-electron chi connectivity index (χ0n) is 13.0. The molecule has 1 fully saturated rings. The maximum Gasteiger partial charge on any atom is 0.232 e. The number of nitrogens with one attached hydrogen (secondary N) is 2. The molecule has 0 aliphatic carbocycles. The van der Waals surface area contributed by atoms with Gasteiger partial charge in [-0.2, -0.15) is 0 Å². The van der Waals surface area contributed by atoms with E-state index in [0.717, 1.165) is 43.6 Å². The number of benzene rings is 1. The zero-order chi connectivity index (χ0) is 15.3. The molecule has 1 atom stereocenters. The molecule has 116 valence electrons. The van der Waals surface area contributed by atoms with Gasteiger partial charge in [-0.25, -0.2) is 0 Å². The average molecular weight is 290 g/mol. The van der Waals surface area contributed by atoms with Crippen molar-refractivity contribution in [2.75, 3.05) is 25.0 Å². The van der Waals surface area contributed by atoms with Crippen LogP contribution in [0.25, 0.3) is 0 Å². The van der Waals surface area contributed by atoms with Crippen molar-refractivity contribution >= 4 is 11.6 Å². The second kappa shape index (κ2) is 7.05. The molecule has 0 radical (unpaired) electrons. The summed E-state index contributed by atoms with van der Waals surface area (Å²) in [4.78, 5) is 12.7. The molecule has 1 aliphatic rings. The summed E-state index contributed by atoms with van der Waals surface area (Å²) in [5.41, 5.74) is 1.69. The van der Waals surface area contributed by atoms with E-state index in [2.05, 4.69) is 24.5 Å². The van der Waals surface area contributed by atoms with Crippen molar-refractivity contribution in [3.05, 3.63) is 29.8 Å². The van der Waals surface area contributed by atoms with Crippen LogP contribution in [-0.2, 0) is 11.2 Å². The summed E-state index contributed by atoms with van der Waals surface area (Å²) in [6.07, 6.45) is 2.47. The van der Waals surface area contributed by atoms with Gasteiger partial charge in [0.05, 0.1) is 5.41 Å². The number of anilines is 1. The van der Waals surface area contributed by atoms with Crippen LogP contribution in [0, 0.1) is 11.3 Å². The number of rotatable bonds is 6. The summed E-state index contributed by atoms with van der Waals surface area (Å²) in [6, 6.07) is 7.92. The molecule has 3 N–H and O–H groups in total. The quantitative estimate of drug-likeness (QED) is 0.752. The van der Waals surface area contributed by atoms with E-state index in [0.29, 0.717) is 5.92 Å². The van der Waals surface area contributed by atoms with Gasteiger partial charge >= 0.3 is 0 Å². The molecule has 1 unspecified atom stereocenters. The lowest BCUT2D eigenvalue weighted by Crippen LogP contribution is -2.42. The molecular formula is C17H26N2O2. The van der Waals surface area contributed by atoms with E-state index in [4.69, 9.17) is 5.11 Å². The molecule has 21 heavy (non-hydrogen) atoms. The summed E-state index contributed by atoms with van der Waals surface area (Å²) in [5.74, 6) is 0.423. The van der Waals surface area contributed by atoms with Crippen molar-refractivity contribution in [3.63, 3.8) is 0 Å². The molecule has 0 bridgehead atoms. The van der Waals surface area contributed by atoms with Crippen LogP contribution < -0.4 is 10.6 Å². The Kier molecular flexibility index (Phi) is 5.37. The second-order valence-electron chi connectivity index (χ2n) is 6.22. The first-order valence-electron chi connectivity index (χ1n) is 7.80. The summed E-state index contributed by atoms with van der Waals surface area (Å²) < 4.78 is 0. The predicted octanol–water partition coefficient (Wildman–Crippen LogP) is 2.19. The normalized spacial score (nSPS) is 21.7. The second-order valence-corrected chi connectivity index (χ2v) is 6.22. The van der Waals surface area contributed by atoms with Gasteiger partial charge in [-0.1, -0.05) is 26.0 Å². The van der Waals surface area contributed by atoms with E-state index in [1.807, 2.05) is 24.3 Å². The fraction of sp³-hybridized carbons (Fsp3) is 0.588. The van der Waals surface area contributed by atoms with Crippen LogP contribution in [0.15, 0.2) is 24.3 Å². The van der Waals surface area contributed by atoms with E-state index in [1.165, 1.54) is 0 Å². The van der Waals surface area contributed by atoms with Crippen LogP contribution in [0.5, 0.6) is 0 Å². The van der Waals surface area contributed by atoms with E-state index in [-0.39, 0.29) is 17.9 Å². The molecule has 1 aliphatic heterocycles. The van der Waals surface area contributed by atoms with Crippen LogP contribution in [0.4, 0.5) is 5.69 Å². The molecule has 0 saturated carbocycles. The molecular weight excluding hydrogens is 264 g/mol. The van der Waals surface area contributed by atoms with Gasteiger partial charge < -0.3 is 15.7 Å². The monoisotopic (exact) mass is 290 g/mol. The van der Waals surface area contributed by atoms with Gasteiger partial charge in [0.1, 0.15) is 0 Å². The highest BCUT2D eigenvalue weighted by atomic mass is 16.2. The minimum atomic E-state index is -0.304. The van der Waals surface area contributed by atoms with Crippen LogP contribution in [0.1, 0.15) is 32.3 Å². The van der Waals surface area contributed by atoms with Gasteiger partial charge in [-0.3, -0.25) is 4.79 Å². The van der Waals surface area contributed by atoms with E-state index >= 15 is 0 Å². The minimum Gasteiger partial charge on any atom is -0.396 e. The average Bonchev–Trinajstić information content (AvgIpc) is 2.96. The van der Waals surface area contributed by atoms with Crippen molar-refractivity contribution in [2.45, 2.75) is 33.1 Å². The fourth-order valence-electron chi connectivity index (χ4n) is 3.00. The summed E-state index contributed by atoms with van der Waals surface area (Å²) >= 11 is 0. The highest BCUT2D eigenvalue weighted by Gasteiger charge is 2.43. The Morgan fingerprint density at radius 1 is 1.48 bits per heavy atom. The Bertz CT molecular complexity index is 479. The Morgan fingerprint density at radius 3 is 2.90 bits per heavy atom. The van der Waals surface area contributed by atoms with E-state index in [9.17, 15) is 4.79 Å². The van der Waals surface area contributed by atoms with Gasteiger partial charge in [0, 0.05) is 18.8 Å². The van der Waals surface area contributed by atoms with Crippen LogP contribution >= 0.6 is 0 Å². The molecule has 0 spiro atoms. The van der Waals surface area contributed by atoms with Gasteiger partial charge in [-0.05, 0) is 49.4 Å². The highest BCUT2D eigenvalue weighted by Crippen LogP contribution is 2.35. The maximum atomic E-state index is 12.7. The van der Waals surface area contributed by atoms with Gasteiger partial charge in [0.25, 0.3) is 0 Å². The van der Waals surface area contributed by atoms with Crippen LogP contribution in [0.2, 0.25) is 0 Å². The lowest BCUT2D eigenvalue weighted by Gasteiger charge is -2.31. The number of aliphatic hydroxyl groups excluding tert-OH is 1. The number of amides is 1. The lowest BCUT2D eigenvalue weighted by molar-refractivity contribution is -0.126. The first-order valence-corrected chi connectivity index (χ1v) is 7.80. The highest BCUT2D eigenvalue weighted by molar-refractivity contribution is 5.96. The molecule has 4 heteroatoms. The van der Waals surface area contributed by atoms with Crippen molar-refractivity contribution < 1.29 is 9.90 Å². The Morgan fingerprint density at radius 2 is 2.29 bits per heavy atom. The number of carbonyl (C=O) groups is 1. The first kappa shape index (κ1) is 16.0. The smallest absolute Gasteiger partial charge is 0.232 e. The molecule has 4 nitrogen and oxygen atoms in total. The number of hydrogen-bond acceptors (Lipinski definition) is 3. The molecule has 1 aromatic carbocycles. The third kappa shape index (κ3) is 3.63. The van der Waals surface area contributed by atoms with Crippen molar-refractivity contribution in [3.8, 4) is 0 Å². The molecule has 1 amide bonds. The van der Waals surface area contributed by atoms with Crippen molar-refractivity contribution in [2.24, 2.45) is 11.3 Å². The Labute approximate surface area is 126 Å². The van der Waals surface area contributed by atoms with E-state index in [1.54, 1.807) is 0 Å². The number of aryl methyl sites for hydroxylation is 1. The molecule has 1 heterocycles. The van der Waals surface area contributed by atoms with Gasteiger partial charge in [0.15, 0.2) is 0 Å². The third-order valence-corrected chi connectivity index (χ3v) is 4.55. The summed E-state index contributed by atoms with van der Waals surface area (Å²) in [7, 11) is 0. The molecule has 1 saturated heterocycles. The Balaban J connectivity index is 2.08. The fourth-order valence-corrected chi connectivity index (χ4v) is 3.00. The maximum absolute atomic E-state index is 12.7.